The molecule has 0 aliphatic heterocycles. The van der Waals surface area contributed by atoms with Gasteiger partial charge in [0.2, 0.25) is 0 Å². The molecule has 1 unspecified atom stereocenters. The van der Waals surface area contributed by atoms with Crippen LogP contribution in [0.25, 0.3) is 0 Å². The van der Waals surface area contributed by atoms with Crippen LogP contribution in [0.5, 0.6) is 11.5 Å². The maximum absolute atomic E-state index is 11.3. The number of rotatable bonds is 8. The molecule has 0 N–H and O–H groups in total. The van der Waals surface area contributed by atoms with Gasteiger partial charge >= 0.3 is 18.9 Å². The number of benzene rings is 2. The first kappa shape index (κ1) is 21.7. The summed E-state index contributed by atoms with van der Waals surface area (Å²) >= 11 is 0. The number of hydrogen-bond acceptors (Lipinski definition) is 4. The first-order chi connectivity index (χ1) is 11.6. The van der Waals surface area contributed by atoms with E-state index in [0.29, 0.717) is 29.6 Å². The molecular weight excluding hydrogens is 330 g/mol. The average molecular weight is 354 g/mol. The molecule has 0 bridgehead atoms. The zero-order valence-corrected chi connectivity index (χ0v) is 15.4. The van der Waals surface area contributed by atoms with Gasteiger partial charge in [-0.3, -0.25) is 4.79 Å². The molecule has 4 nitrogen and oxygen atoms in total. The van der Waals surface area contributed by atoms with Crippen LogP contribution >= 0.6 is 8.15 Å². The number of hydrogen-bond donors (Lipinski definition) is 0. The van der Waals surface area contributed by atoms with Crippen LogP contribution in [-0.4, -0.2) is 46.0 Å². The minimum absolute atomic E-state index is 0. The molecule has 25 heavy (non-hydrogen) atoms. The summed E-state index contributed by atoms with van der Waals surface area (Å²) in [5.74, 6) is 1.42. The Morgan fingerprint density at radius 3 is 2.00 bits per heavy atom. The van der Waals surface area contributed by atoms with E-state index in [-0.39, 0.29) is 18.9 Å². The Hall–Kier alpha value is -1.30. The zero-order valence-electron chi connectivity index (χ0n) is 14.5. The van der Waals surface area contributed by atoms with E-state index in [4.69, 9.17) is 14.0 Å². The van der Waals surface area contributed by atoms with Crippen molar-refractivity contribution in [2.45, 2.75) is 13.8 Å². The molecule has 0 fully saturated rings. The van der Waals surface area contributed by atoms with Gasteiger partial charge in [0.1, 0.15) is 11.5 Å². The Bertz CT molecular complexity index is 651. The molecule has 130 valence electrons. The maximum atomic E-state index is 11.3. The topological polar surface area (TPSA) is 44.8 Å². The Balaban J connectivity index is 0.00000312. The van der Waals surface area contributed by atoms with E-state index >= 15 is 0 Å². The molecule has 0 saturated heterocycles. The van der Waals surface area contributed by atoms with Crippen molar-refractivity contribution in [1.82, 2.24) is 0 Å². The molecule has 0 aliphatic carbocycles. The molecule has 0 radical (unpaired) electrons. The van der Waals surface area contributed by atoms with Gasteiger partial charge in [-0.05, 0) is 18.1 Å². The van der Waals surface area contributed by atoms with Crippen LogP contribution in [0.3, 0.4) is 0 Å². The average Bonchev–Trinajstić information content (AvgIpc) is 2.61. The third-order valence-electron chi connectivity index (χ3n) is 3.41. The van der Waals surface area contributed by atoms with Gasteiger partial charge in [0.15, 0.2) is 6.29 Å². The summed E-state index contributed by atoms with van der Waals surface area (Å²) in [6.07, 6.45) is 0.751. The Morgan fingerprint density at radius 1 is 1.00 bits per heavy atom. The number of carbonyl (C=O) groups is 1. The Labute approximate surface area is 162 Å². The normalized spacial score (nSPS) is 11.6. The van der Waals surface area contributed by atoms with Crippen molar-refractivity contribution in [2.24, 2.45) is 5.92 Å². The van der Waals surface area contributed by atoms with Crippen LogP contribution in [0.15, 0.2) is 42.5 Å². The summed E-state index contributed by atoms with van der Waals surface area (Å²) in [5.41, 5.74) is 0.413. The van der Waals surface area contributed by atoms with E-state index in [9.17, 15) is 4.79 Å². The summed E-state index contributed by atoms with van der Waals surface area (Å²) in [6.45, 7) is 4.89. The predicted molar refractivity (Wildman–Crippen MR) is 106 cm³/mol. The molecule has 0 spiro atoms. The van der Waals surface area contributed by atoms with Crippen molar-refractivity contribution in [2.75, 3.05) is 20.8 Å². The van der Waals surface area contributed by atoms with Crippen LogP contribution in [0.2, 0.25) is 0 Å². The number of methoxy groups -OCH3 is 2. The first-order valence-electron chi connectivity index (χ1n) is 7.80. The molecule has 0 saturated carbocycles. The monoisotopic (exact) mass is 354 g/mol. The zero-order chi connectivity index (χ0) is 17.5. The number of carbonyl (C=O) groups excluding carboxylic acids is 1. The van der Waals surface area contributed by atoms with E-state index in [1.54, 1.807) is 14.2 Å². The molecule has 0 amide bonds. The van der Waals surface area contributed by atoms with Gasteiger partial charge in [-0.15, -0.1) is 0 Å². The fourth-order valence-corrected chi connectivity index (χ4v) is 4.20. The summed E-state index contributed by atoms with van der Waals surface area (Å²) in [4.78, 5) is 11.3. The van der Waals surface area contributed by atoms with Crippen LogP contribution in [0.4, 0.5) is 0 Å². The fourth-order valence-electron chi connectivity index (χ4n) is 2.24. The molecule has 6 heteroatoms. The van der Waals surface area contributed by atoms with Gasteiger partial charge in [-0.25, -0.2) is 0 Å². The third kappa shape index (κ3) is 5.59. The van der Waals surface area contributed by atoms with Crippen LogP contribution in [-0.2, 0) is 4.52 Å². The molecule has 2 aromatic carbocycles. The van der Waals surface area contributed by atoms with Gasteiger partial charge in [0.25, 0.3) is 0 Å². The minimum atomic E-state index is -1.02. The summed E-state index contributed by atoms with van der Waals surface area (Å²) in [6, 6.07) is 13.8. The van der Waals surface area contributed by atoms with Gasteiger partial charge in [-0.1, -0.05) is 44.2 Å². The van der Waals surface area contributed by atoms with E-state index in [2.05, 4.69) is 26.0 Å². The number of ether oxygens (including phenoxy) is 2. The summed E-state index contributed by atoms with van der Waals surface area (Å²) < 4.78 is 17.0. The van der Waals surface area contributed by atoms with Gasteiger partial charge in [0, 0.05) is 10.6 Å². The molecular formula is C19H24LiO4P. The van der Waals surface area contributed by atoms with Crippen molar-refractivity contribution < 1.29 is 18.8 Å². The molecule has 0 heterocycles. The van der Waals surface area contributed by atoms with E-state index in [1.807, 2.05) is 30.3 Å². The second-order valence-electron chi connectivity index (χ2n) is 5.70. The third-order valence-corrected chi connectivity index (χ3v) is 5.31. The second-order valence-corrected chi connectivity index (χ2v) is 7.58. The number of aldehydes is 1. The van der Waals surface area contributed by atoms with Gasteiger partial charge < -0.3 is 14.0 Å². The van der Waals surface area contributed by atoms with Crippen LogP contribution in [0.1, 0.15) is 24.2 Å². The van der Waals surface area contributed by atoms with Crippen LogP contribution in [0, 0.1) is 5.92 Å². The van der Waals surface area contributed by atoms with Crippen molar-refractivity contribution in [3.63, 3.8) is 0 Å². The first-order valence-corrected chi connectivity index (χ1v) is 9.06. The molecule has 2 rings (SSSR count). The molecule has 0 aliphatic rings. The standard InChI is InChI=1S/C19H23O4P.Li.H/c1-14(2)13-23-24(15-8-6-5-7-9-15)16-10-18(21-3)17(12-20)19(11-16)22-4;;/h5-12,14H,13H2,1-4H3;;. The van der Waals surface area contributed by atoms with Crippen LogP contribution < -0.4 is 20.1 Å². The molecule has 1 atom stereocenters. The van der Waals surface area contributed by atoms with E-state index in [0.717, 1.165) is 16.9 Å². The van der Waals surface area contributed by atoms with Gasteiger partial charge in [0.05, 0.1) is 34.5 Å². The Kier molecular flexibility index (Phi) is 9.25. The Morgan fingerprint density at radius 2 is 1.56 bits per heavy atom. The van der Waals surface area contributed by atoms with Crippen molar-refractivity contribution in [1.29, 1.82) is 0 Å². The predicted octanol–water partition coefficient (Wildman–Crippen LogP) is 2.89. The van der Waals surface area contributed by atoms with Crippen molar-refractivity contribution in [3.8, 4) is 11.5 Å². The van der Waals surface area contributed by atoms with Gasteiger partial charge in [-0.2, -0.15) is 0 Å². The molecule has 2 aromatic rings. The van der Waals surface area contributed by atoms with Crippen molar-refractivity contribution >= 4 is 43.9 Å². The van der Waals surface area contributed by atoms with E-state index < -0.39 is 8.15 Å². The van der Waals surface area contributed by atoms with Crippen molar-refractivity contribution in [3.05, 3.63) is 48.0 Å². The fraction of sp³-hybridized carbons (Fsp3) is 0.316. The van der Waals surface area contributed by atoms with E-state index in [1.165, 1.54) is 0 Å². The SMILES string of the molecule is COc1cc(P(OCC(C)C)c2ccccc2)cc(OC)c1C=O.[LiH]. The quantitative estimate of drug-likeness (QED) is 0.415. The summed E-state index contributed by atoms with van der Waals surface area (Å²) in [5, 5.41) is 2.06. The second kappa shape index (κ2) is 10.6. The molecule has 0 aromatic heterocycles. The summed E-state index contributed by atoms with van der Waals surface area (Å²) in [7, 11) is 2.07.